The van der Waals surface area contributed by atoms with E-state index in [-0.39, 0.29) is 17.5 Å². The smallest absolute Gasteiger partial charge is 0.466 e. The molecule has 0 unspecified atom stereocenters. The Morgan fingerprint density at radius 3 is 2.22 bits per heavy atom. The first kappa shape index (κ1) is 21.5. The van der Waals surface area contributed by atoms with Crippen LogP contribution in [0.2, 0.25) is 0 Å². The topological polar surface area (TPSA) is 139 Å². The number of fused-ring (bicyclic) bond motifs is 1. The standard InChI is InChI=1S/C17H22N2O3.H3O4P/c1-11(2)18-8-6-13(7-9-18)19-10-12-4-3-5-14(17(21)22)15(12)16(19)20;1-5(2,3)4/h3-5,11,13H,6-10H2,1-2H3,(H,21,22);(H3,1,2,3,4). The number of piperidine rings is 1. The van der Waals surface area contributed by atoms with Crippen molar-refractivity contribution >= 4 is 19.7 Å². The van der Waals surface area contributed by atoms with Gasteiger partial charge in [-0.3, -0.25) is 4.79 Å². The fraction of sp³-hybridized carbons (Fsp3) is 0.529. The Labute approximate surface area is 157 Å². The van der Waals surface area contributed by atoms with Gasteiger partial charge in [0.05, 0.1) is 11.1 Å². The number of rotatable bonds is 3. The second kappa shape index (κ2) is 8.50. The Morgan fingerprint density at radius 2 is 1.74 bits per heavy atom. The van der Waals surface area contributed by atoms with E-state index in [1.54, 1.807) is 6.07 Å². The molecule has 27 heavy (non-hydrogen) atoms. The minimum Gasteiger partial charge on any atom is -0.478 e. The number of aromatic carboxylic acids is 1. The molecule has 2 heterocycles. The van der Waals surface area contributed by atoms with Gasteiger partial charge in [0.25, 0.3) is 5.91 Å². The van der Waals surface area contributed by atoms with Gasteiger partial charge in [-0.05, 0) is 38.3 Å². The normalized spacial score (nSPS) is 18.3. The molecule has 0 atom stereocenters. The molecule has 1 aromatic rings. The van der Waals surface area contributed by atoms with Gasteiger partial charge in [0.15, 0.2) is 0 Å². The number of benzene rings is 1. The quantitative estimate of drug-likeness (QED) is 0.557. The summed E-state index contributed by atoms with van der Waals surface area (Å²) < 4.78 is 8.88. The van der Waals surface area contributed by atoms with Crippen LogP contribution in [0.5, 0.6) is 0 Å². The summed E-state index contributed by atoms with van der Waals surface area (Å²) in [5.41, 5.74) is 1.36. The molecule has 1 amide bonds. The van der Waals surface area contributed by atoms with Gasteiger partial charge in [0, 0.05) is 31.7 Å². The molecule has 2 aliphatic heterocycles. The molecular formula is C17H25N2O7P. The van der Waals surface area contributed by atoms with Crippen LogP contribution in [0.3, 0.4) is 0 Å². The van der Waals surface area contributed by atoms with Crippen molar-refractivity contribution < 1.29 is 33.9 Å². The zero-order valence-electron chi connectivity index (χ0n) is 15.3. The summed E-state index contributed by atoms with van der Waals surface area (Å²) in [5, 5.41) is 9.28. The van der Waals surface area contributed by atoms with Crippen LogP contribution in [0, 0.1) is 0 Å². The average molecular weight is 400 g/mol. The molecule has 0 saturated carbocycles. The molecule has 2 aliphatic rings. The van der Waals surface area contributed by atoms with E-state index in [2.05, 4.69) is 18.7 Å². The molecule has 0 aliphatic carbocycles. The molecule has 1 fully saturated rings. The van der Waals surface area contributed by atoms with Crippen LogP contribution in [-0.2, 0) is 11.1 Å². The lowest BCUT2D eigenvalue weighted by atomic mass is 10.0. The predicted molar refractivity (Wildman–Crippen MR) is 97.3 cm³/mol. The molecule has 1 aromatic carbocycles. The Morgan fingerprint density at radius 1 is 1.19 bits per heavy atom. The maximum atomic E-state index is 12.7. The number of carbonyl (C=O) groups is 2. The van der Waals surface area contributed by atoms with E-state index >= 15 is 0 Å². The number of carboxylic acid groups (broad SMARTS) is 1. The summed E-state index contributed by atoms with van der Waals surface area (Å²) >= 11 is 0. The summed E-state index contributed by atoms with van der Waals surface area (Å²) in [6.07, 6.45) is 1.92. The number of likely N-dealkylation sites (tertiary alicyclic amines) is 1. The van der Waals surface area contributed by atoms with E-state index in [4.69, 9.17) is 19.2 Å². The predicted octanol–water partition coefficient (Wildman–Crippen LogP) is 1.28. The molecule has 0 spiro atoms. The highest BCUT2D eigenvalue weighted by Crippen LogP contribution is 2.31. The summed E-state index contributed by atoms with van der Waals surface area (Å²) in [4.78, 5) is 49.9. The van der Waals surface area contributed by atoms with E-state index in [9.17, 15) is 14.7 Å². The lowest BCUT2D eigenvalue weighted by Crippen LogP contribution is -2.47. The van der Waals surface area contributed by atoms with Gasteiger partial charge in [0.2, 0.25) is 0 Å². The summed E-state index contributed by atoms with van der Waals surface area (Å²) in [6, 6.07) is 5.86. The third-order valence-electron chi connectivity index (χ3n) is 4.87. The SMILES string of the molecule is CC(C)N1CCC(N2Cc3cccc(C(=O)O)c3C2=O)CC1.O=P(O)(O)O. The number of amides is 1. The monoisotopic (exact) mass is 400 g/mol. The second-order valence-corrected chi connectivity index (χ2v) is 7.98. The first-order valence-corrected chi connectivity index (χ1v) is 10.2. The van der Waals surface area contributed by atoms with E-state index in [0.717, 1.165) is 31.5 Å². The molecule has 3 rings (SSSR count). The third-order valence-corrected chi connectivity index (χ3v) is 4.87. The van der Waals surface area contributed by atoms with E-state index in [1.165, 1.54) is 6.07 Å². The largest absolute Gasteiger partial charge is 0.478 e. The van der Waals surface area contributed by atoms with Crippen molar-refractivity contribution in [3.05, 3.63) is 34.9 Å². The van der Waals surface area contributed by atoms with Gasteiger partial charge in [-0.25, -0.2) is 9.36 Å². The number of carbonyl (C=O) groups excluding carboxylic acids is 1. The van der Waals surface area contributed by atoms with Crippen LogP contribution in [0.1, 0.15) is 53.0 Å². The van der Waals surface area contributed by atoms with Crippen molar-refractivity contribution in [3.8, 4) is 0 Å². The fourth-order valence-electron chi connectivity index (χ4n) is 3.57. The first-order valence-electron chi connectivity index (χ1n) is 8.67. The minimum atomic E-state index is -4.64. The van der Waals surface area contributed by atoms with Crippen molar-refractivity contribution in [3.63, 3.8) is 0 Å². The van der Waals surface area contributed by atoms with Crippen molar-refractivity contribution in [2.45, 2.75) is 45.3 Å². The molecule has 0 bridgehead atoms. The lowest BCUT2D eigenvalue weighted by Gasteiger charge is -2.38. The molecule has 150 valence electrons. The maximum absolute atomic E-state index is 12.7. The van der Waals surface area contributed by atoms with E-state index in [1.807, 2.05) is 11.0 Å². The van der Waals surface area contributed by atoms with Crippen LogP contribution >= 0.6 is 7.82 Å². The molecule has 1 saturated heterocycles. The van der Waals surface area contributed by atoms with Crippen LogP contribution in [-0.4, -0.2) is 66.6 Å². The van der Waals surface area contributed by atoms with Crippen LogP contribution < -0.4 is 0 Å². The third kappa shape index (κ3) is 5.60. The zero-order chi connectivity index (χ0) is 20.4. The lowest BCUT2D eigenvalue weighted by molar-refractivity contribution is 0.0558. The number of nitrogens with zero attached hydrogens (tertiary/aromatic N) is 2. The Balaban J connectivity index is 0.000000465. The van der Waals surface area contributed by atoms with Gasteiger partial charge in [0.1, 0.15) is 0 Å². The van der Waals surface area contributed by atoms with Gasteiger partial charge >= 0.3 is 13.8 Å². The van der Waals surface area contributed by atoms with Crippen LogP contribution in [0.15, 0.2) is 18.2 Å². The summed E-state index contributed by atoms with van der Waals surface area (Å²) in [5.74, 6) is -1.14. The second-order valence-electron chi connectivity index (χ2n) is 6.95. The Hall–Kier alpha value is -1.77. The maximum Gasteiger partial charge on any atom is 0.466 e. The fourth-order valence-corrected chi connectivity index (χ4v) is 3.57. The zero-order valence-corrected chi connectivity index (χ0v) is 16.2. The molecular weight excluding hydrogens is 375 g/mol. The van der Waals surface area contributed by atoms with Crippen molar-refractivity contribution in [1.29, 1.82) is 0 Å². The minimum absolute atomic E-state index is 0.115. The number of carboxylic acids is 1. The van der Waals surface area contributed by atoms with Crippen molar-refractivity contribution in [2.75, 3.05) is 13.1 Å². The van der Waals surface area contributed by atoms with Crippen molar-refractivity contribution in [1.82, 2.24) is 9.80 Å². The number of hydrogen-bond donors (Lipinski definition) is 4. The number of phosphoric acid groups is 1. The molecule has 10 heteroatoms. The first-order chi connectivity index (χ1) is 12.5. The molecule has 0 aromatic heterocycles. The highest BCUT2D eigenvalue weighted by Gasteiger charge is 2.37. The van der Waals surface area contributed by atoms with Crippen LogP contribution in [0.25, 0.3) is 0 Å². The average Bonchev–Trinajstić information content (AvgIpc) is 2.90. The highest BCUT2D eigenvalue weighted by atomic mass is 31.2. The molecule has 4 N–H and O–H groups in total. The van der Waals surface area contributed by atoms with E-state index in [0.29, 0.717) is 18.2 Å². The van der Waals surface area contributed by atoms with E-state index < -0.39 is 13.8 Å². The Kier molecular flexibility index (Phi) is 6.77. The number of hydrogen-bond acceptors (Lipinski definition) is 4. The molecule has 9 nitrogen and oxygen atoms in total. The Bertz CT molecular complexity index is 745. The summed E-state index contributed by atoms with van der Waals surface area (Å²) in [7, 11) is -4.64. The highest BCUT2D eigenvalue weighted by molar-refractivity contribution is 7.45. The molecule has 0 radical (unpaired) electrons. The summed E-state index contributed by atoms with van der Waals surface area (Å²) in [6.45, 7) is 6.91. The van der Waals surface area contributed by atoms with Crippen LogP contribution in [0.4, 0.5) is 0 Å². The van der Waals surface area contributed by atoms with Crippen molar-refractivity contribution in [2.24, 2.45) is 0 Å². The van der Waals surface area contributed by atoms with Gasteiger partial charge < -0.3 is 29.6 Å². The van der Waals surface area contributed by atoms with Gasteiger partial charge in [-0.1, -0.05) is 12.1 Å². The van der Waals surface area contributed by atoms with Gasteiger partial charge in [-0.15, -0.1) is 0 Å². The van der Waals surface area contributed by atoms with Gasteiger partial charge in [-0.2, -0.15) is 0 Å².